The van der Waals surface area contributed by atoms with Gasteiger partial charge in [-0.2, -0.15) is 23.1 Å². The fraction of sp³-hybridized carbons (Fsp3) is 0.182. The third kappa shape index (κ3) is 6.25. The molecule has 2 aromatic carbocycles. The largest absolute Gasteiger partial charge is 0.484 e. The van der Waals surface area contributed by atoms with Gasteiger partial charge >= 0.3 is 0 Å². The number of nitrogens with one attached hydrogen (secondary N) is 1. The summed E-state index contributed by atoms with van der Waals surface area (Å²) in [6, 6.07) is 18.1. The van der Waals surface area contributed by atoms with Crippen LogP contribution in [0.3, 0.4) is 0 Å². The molecule has 0 saturated carbocycles. The Hall–Kier alpha value is -2.57. The summed E-state index contributed by atoms with van der Waals surface area (Å²) in [5, 5.41) is 7.05. The van der Waals surface area contributed by atoms with Gasteiger partial charge in [-0.25, -0.2) is 0 Å². The molecule has 0 unspecified atom stereocenters. The van der Waals surface area contributed by atoms with E-state index in [4.69, 9.17) is 4.74 Å². The molecule has 0 aliphatic carbocycles. The zero-order valence-corrected chi connectivity index (χ0v) is 16.9. The molecule has 1 N–H and O–H groups in total. The summed E-state index contributed by atoms with van der Waals surface area (Å²) >= 11 is 3.48. The van der Waals surface area contributed by atoms with E-state index in [9.17, 15) is 9.59 Å². The summed E-state index contributed by atoms with van der Waals surface area (Å²) in [5.41, 5.74) is 2.55. The van der Waals surface area contributed by atoms with Crippen LogP contribution in [-0.4, -0.2) is 30.6 Å². The zero-order valence-electron chi connectivity index (χ0n) is 15.3. The number of benzene rings is 2. The fourth-order valence-electron chi connectivity index (χ4n) is 2.49. The molecule has 0 spiro atoms. The number of thiophene rings is 1. The van der Waals surface area contributed by atoms with Crippen molar-refractivity contribution in [1.29, 1.82) is 0 Å². The average molecular weight is 412 g/mol. The third-order valence-electron chi connectivity index (χ3n) is 3.94. The van der Waals surface area contributed by atoms with Crippen molar-refractivity contribution in [3.8, 4) is 5.75 Å². The number of rotatable bonds is 10. The standard InChI is InChI=1S/C22H21NO3S2/c24-21(23-11-13-28-16-17-10-12-27-15-17)14-26-20-8-6-19(7-9-20)22(25)18-4-2-1-3-5-18/h1-10,12,15H,11,13-14,16H2,(H,23,24). The lowest BCUT2D eigenvalue weighted by atomic mass is 10.0. The predicted molar refractivity (Wildman–Crippen MR) is 115 cm³/mol. The van der Waals surface area contributed by atoms with E-state index in [2.05, 4.69) is 22.1 Å². The first-order chi connectivity index (χ1) is 13.7. The molecule has 0 radical (unpaired) electrons. The maximum Gasteiger partial charge on any atom is 0.257 e. The van der Waals surface area contributed by atoms with E-state index in [-0.39, 0.29) is 18.3 Å². The summed E-state index contributed by atoms with van der Waals surface area (Å²) in [4.78, 5) is 24.2. The Morgan fingerprint density at radius 2 is 1.71 bits per heavy atom. The van der Waals surface area contributed by atoms with Crippen LogP contribution in [0.1, 0.15) is 21.5 Å². The maximum atomic E-state index is 12.4. The molecule has 3 aromatic rings. The van der Waals surface area contributed by atoms with Crippen molar-refractivity contribution in [2.45, 2.75) is 5.75 Å². The second-order valence-corrected chi connectivity index (χ2v) is 7.93. The second kappa shape index (κ2) is 10.7. The SMILES string of the molecule is O=C(COc1ccc(C(=O)c2ccccc2)cc1)NCCSCc1ccsc1. The van der Waals surface area contributed by atoms with E-state index in [1.54, 1.807) is 59.5 Å². The fourth-order valence-corrected chi connectivity index (χ4v) is 4.07. The lowest BCUT2D eigenvalue weighted by Crippen LogP contribution is -2.30. The lowest BCUT2D eigenvalue weighted by Gasteiger charge is -2.08. The second-order valence-electron chi connectivity index (χ2n) is 6.04. The van der Waals surface area contributed by atoms with Crippen molar-refractivity contribution >= 4 is 34.8 Å². The van der Waals surface area contributed by atoms with Crippen molar-refractivity contribution in [3.05, 3.63) is 88.1 Å². The smallest absolute Gasteiger partial charge is 0.257 e. The number of ketones is 1. The van der Waals surface area contributed by atoms with Gasteiger partial charge in [-0.1, -0.05) is 30.3 Å². The Balaban J connectivity index is 1.36. The molecule has 6 heteroatoms. The minimum absolute atomic E-state index is 0.0372. The number of ether oxygens (including phenoxy) is 1. The van der Waals surface area contributed by atoms with Crippen molar-refractivity contribution in [2.24, 2.45) is 0 Å². The molecule has 1 heterocycles. The van der Waals surface area contributed by atoms with Crippen molar-refractivity contribution in [1.82, 2.24) is 5.32 Å². The summed E-state index contributed by atoms with van der Waals surface area (Å²) in [6.45, 7) is 0.572. The van der Waals surface area contributed by atoms with Crippen LogP contribution in [-0.2, 0) is 10.5 Å². The van der Waals surface area contributed by atoms with Gasteiger partial charge in [0.25, 0.3) is 5.91 Å². The van der Waals surface area contributed by atoms with Crippen molar-refractivity contribution < 1.29 is 14.3 Å². The molecule has 0 fully saturated rings. The van der Waals surface area contributed by atoms with Crippen LogP contribution in [0.2, 0.25) is 0 Å². The quantitative estimate of drug-likeness (QED) is 0.397. The van der Waals surface area contributed by atoms with Gasteiger partial charge in [-0.15, -0.1) is 0 Å². The van der Waals surface area contributed by atoms with Crippen LogP contribution in [0, 0.1) is 0 Å². The van der Waals surface area contributed by atoms with Gasteiger partial charge < -0.3 is 10.1 Å². The van der Waals surface area contributed by atoms with Gasteiger partial charge in [0.2, 0.25) is 0 Å². The Morgan fingerprint density at radius 3 is 2.43 bits per heavy atom. The minimum Gasteiger partial charge on any atom is -0.484 e. The molecule has 4 nitrogen and oxygen atoms in total. The van der Waals surface area contributed by atoms with Crippen LogP contribution in [0.5, 0.6) is 5.75 Å². The Kier molecular flexibility index (Phi) is 7.70. The normalized spacial score (nSPS) is 10.4. The van der Waals surface area contributed by atoms with Crippen molar-refractivity contribution in [3.63, 3.8) is 0 Å². The van der Waals surface area contributed by atoms with Crippen LogP contribution in [0.4, 0.5) is 0 Å². The van der Waals surface area contributed by atoms with Gasteiger partial charge in [0.1, 0.15) is 5.75 Å². The number of hydrogen-bond donors (Lipinski definition) is 1. The molecule has 0 saturated heterocycles. The number of thioether (sulfide) groups is 1. The molecule has 0 bridgehead atoms. The highest BCUT2D eigenvalue weighted by atomic mass is 32.2. The molecule has 28 heavy (non-hydrogen) atoms. The van der Waals surface area contributed by atoms with E-state index in [1.807, 2.05) is 18.2 Å². The van der Waals surface area contributed by atoms with Crippen LogP contribution < -0.4 is 10.1 Å². The number of hydrogen-bond acceptors (Lipinski definition) is 5. The van der Waals surface area contributed by atoms with E-state index < -0.39 is 0 Å². The van der Waals surface area contributed by atoms with E-state index in [0.717, 1.165) is 11.5 Å². The highest BCUT2D eigenvalue weighted by Crippen LogP contribution is 2.16. The average Bonchev–Trinajstić information content (AvgIpc) is 3.26. The van der Waals surface area contributed by atoms with Crippen LogP contribution in [0.15, 0.2) is 71.4 Å². The predicted octanol–water partition coefficient (Wildman–Crippen LogP) is 4.41. The van der Waals surface area contributed by atoms with E-state index >= 15 is 0 Å². The highest BCUT2D eigenvalue weighted by Gasteiger charge is 2.09. The van der Waals surface area contributed by atoms with Gasteiger partial charge in [-0.05, 0) is 46.7 Å². The van der Waals surface area contributed by atoms with Crippen molar-refractivity contribution in [2.75, 3.05) is 18.9 Å². The van der Waals surface area contributed by atoms with E-state index in [0.29, 0.717) is 23.4 Å². The monoisotopic (exact) mass is 411 g/mol. The minimum atomic E-state index is -0.152. The Bertz CT molecular complexity index is 878. The molecule has 1 amide bonds. The van der Waals surface area contributed by atoms with E-state index in [1.165, 1.54) is 5.56 Å². The maximum absolute atomic E-state index is 12.4. The first-order valence-electron chi connectivity index (χ1n) is 8.90. The first kappa shape index (κ1) is 20.2. The first-order valence-corrected chi connectivity index (χ1v) is 11.0. The number of amides is 1. The topological polar surface area (TPSA) is 55.4 Å². The molecule has 1 aromatic heterocycles. The molecule has 0 aliphatic heterocycles. The Morgan fingerprint density at radius 1 is 0.964 bits per heavy atom. The number of carbonyl (C=O) groups excluding carboxylic acids is 2. The van der Waals surface area contributed by atoms with Gasteiger partial charge in [0, 0.05) is 29.2 Å². The highest BCUT2D eigenvalue weighted by molar-refractivity contribution is 7.98. The molecule has 0 aliphatic rings. The van der Waals surface area contributed by atoms with Gasteiger partial charge in [0.05, 0.1) is 0 Å². The van der Waals surface area contributed by atoms with Crippen LogP contribution in [0.25, 0.3) is 0 Å². The summed E-state index contributed by atoms with van der Waals surface area (Å²) in [5.74, 6) is 2.19. The molecule has 0 atom stereocenters. The Labute approximate surface area is 172 Å². The molecular formula is C22H21NO3S2. The molecular weight excluding hydrogens is 390 g/mol. The van der Waals surface area contributed by atoms with Gasteiger partial charge in [-0.3, -0.25) is 9.59 Å². The summed E-state index contributed by atoms with van der Waals surface area (Å²) in [7, 11) is 0. The zero-order chi connectivity index (χ0) is 19.6. The van der Waals surface area contributed by atoms with Crippen LogP contribution >= 0.6 is 23.1 Å². The number of carbonyl (C=O) groups is 2. The third-order valence-corrected chi connectivity index (χ3v) is 5.70. The molecule has 144 valence electrons. The summed E-state index contributed by atoms with van der Waals surface area (Å²) in [6.07, 6.45) is 0. The molecule has 3 rings (SSSR count). The lowest BCUT2D eigenvalue weighted by molar-refractivity contribution is -0.122. The summed E-state index contributed by atoms with van der Waals surface area (Å²) < 4.78 is 5.50. The van der Waals surface area contributed by atoms with Gasteiger partial charge in [0.15, 0.2) is 12.4 Å².